The first-order valence-corrected chi connectivity index (χ1v) is 25.4. The molecule has 0 amide bonds. The highest BCUT2D eigenvalue weighted by Gasteiger charge is 2.28. The van der Waals surface area contributed by atoms with Crippen molar-refractivity contribution >= 4 is 27.6 Å². The average molecular weight is 895 g/mol. The van der Waals surface area contributed by atoms with E-state index >= 15 is 0 Å². The van der Waals surface area contributed by atoms with Gasteiger partial charge in [0, 0.05) is 12.8 Å². The summed E-state index contributed by atoms with van der Waals surface area (Å²) in [7, 11) is -9.70. The number of rotatable bonds is 42. The molecule has 5 N–H and O–H groups in total. The van der Waals surface area contributed by atoms with Gasteiger partial charge in [-0.15, -0.1) is 0 Å². The molecule has 0 bridgehead atoms. The summed E-state index contributed by atoms with van der Waals surface area (Å²) in [4.78, 5) is 52.7. The van der Waals surface area contributed by atoms with E-state index in [-0.39, 0.29) is 18.9 Å². The van der Waals surface area contributed by atoms with Gasteiger partial charge in [0.15, 0.2) is 6.10 Å². The third kappa shape index (κ3) is 42.7. The van der Waals surface area contributed by atoms with E-state index in [1.54, 1.807) is 0 Å². The number of hydrogen-bond donors (Lipinski definition) is 5. The Labute approximate surface area is 361 Å². The maximum absolute atomic E-state index is 12.6. The number of hydrogen-bond acceptors (Lipinski definition) is 11. The molecule has 0 aromatic heterocycles. The smallest absolute Gasteiger partial charge is 0.462 e. The van der Waals surface area contributed by atoms with E-state index in [4.69, 9.17) is 23.8 Å². The molecule has 0 aromatic carbocycles. The van der Waals surface area contributed by atoms with Crippen LogP contribution in [-0.2, 0) is 41.8 Å². The molecule has 0 aliphatic heterocycles. The topological polar surface area (TPSA) is 216 Å². The molecule has 0 aromatic rings. The van der Waals surface area contributed by atoms with Crippen molar-refractivity contribution < 1.29 is 66.7 Å². The molecule has 16 heteroatoms. The monoisotopic (exact) mass is 895 g/mol. The van der Waals surface area contributed by atoms with Gasteiger partial charge < -0.3 is 34.4 Å². The number of carbonyl (C=O) groups excluding carboxylic acids is 2. The summed E-state index contributed by atoms with van der Waals surface area (Å²) in [6.45, 7) is 1.42. The van der Waals surface area contributed by atoms with Crippen LogP contribution in [0.25, 0.3) is 0 Å². The third-order valence-electron chi connectivity index (χ3n) is 9.37. The van der Waals surface area contributed by atoms with Gasteiger partial charge in [-0.1, -0.05) is 152 Å². The summed E-state index contributed by atoms with van der Waals surface area (Å²) in [6, 6.07) is 0. The van der Waals surface area contributed by atoms with Crippen LogP contribution in [0, 0.1) is 0 Å². The Bertz CT molecular complexity index is 1270. The fraction of sp³-hybridized carbons (Fsp3) is 0.773. The maximum atomic E-state index is 12.6. The van der Waals surface area contributed by atoms with Crippen LogP contribution in [0.5, 0.6) is 0 Å². The van der Waals surface area contributed by atoms with E-state index in [0.717, 1.165) is 57.8 Å². The van der Waals surface area contributed by atoms with Gasteiger partial charge in [0.05, 0.1) is 25.9 Å². The predicted molar refractivity (Wildman–Crippen MR) is 236 cm³/mol. The Morgan fingerprint density at radius 1 is 0.517 bits per heavy atom. The van der Waals surface area contributed by atoms with Gasteiger partial charge in [0.1, 0.15) is 12.7 Å². The Morgan fingerprint density at radius 2 is 0.967 bits per heavy atom. The molecule has 4 atom stereocenters. The lowest BCUT2D eigenvalue weighted by Gasteiger charge is -2.20. The van der Waals surface area contributed by atoms with Crippen LogP contribution in [0.15, 0.2) is 48.6 Å². The van der Waals surface area contributed by atoms with Crippen molar-refractivity contribution in [1.29, 1.82) is 0 Å². The van der Waals surface area contributed by atoms with Crippen LogP contribution >= 0.6 is 15.6 Å². The van der Waals surface area contributed by atoms with Gasteiger partial charge >= 0.3 is 27.6 Å². The van der Waals surface area contributed by atoms with E-state index in [0.29, 0.717) is 19.3 Å². The SMILES string of the molecule is CCCCCCCCCCCCCCCCCC(=O)OC[C@H](COP(=O)(O)OC[C@@H](O)COP(=O)(O)O)OC(=O)CCC/C=C\C/C=C\C/C=C\C/C=C\CC[C@H](O)CC. The second kappa shape index (κ2) is 39.9. The van der Waals surface area contributed by atoms with E-state index in [2.05, 4.69) is 52.4 Å². The summed E-state index contributed by atoms with van der Waals surface area (Å²) in [5.74, 6) is -1.11. The first kappa shape index (κ1) is 58.0. The minimum absolute atomic E-state index is 0.0429. The van der Waals surface area contributed by atoms with Crippen molar-refractivity contribution in [3.8, 4) is 0 Å². The highest BCUT2D eigenvalue weighted by molar-refractivity contribution is 7.47. The van der Waals surface area contributed by atoms with Gasteiger partial charge in [-0.25, -0.2) is 9.13 Å². The van der Waals surface area contributed by atoms with Crippen molar-refractivity contribution in [2.75, 3.05) is 26.4 Å². The fourth-order valence-corrected chi connectivity index (χ4v) is 6.95. The van der Waals surface area contributed by atoms with Crippen molar-refractivity contribution in [3.05, 3.63) is 48.6 Å². The summed E-state index contributed by atoms with van der Waals surface area (Å²) in [6.07, 6.45) is 37.6. The molecule has 0 fully saturated rings. The number of phosphoric ester groups is 2. The average Bonchev–Trinajstić information content (AvgIpc) is 3.21. The molecule has 0 saturated heterocycles. The number of phosphoric acid groups is 2. The van der Waals surface area contributed by atoms with Crippen molar-refractivity contribution in [2.24, 2.45) is 0 Å². The zero-order valence-corrected chi connectivity index (χ0v) is 38.5. The van der Waals surface area contributed by atoms with Crippen LogP contribution in [0.1, 0.15) is 174 Å². The van der Waals surface area contributed by atoms with Crippen LogP contribution in [0.4, 0.5) is 0 Å². The molecule has 1 unspecified atom stereocenters. The molecular formula is C44H80O14P2. The van der Waals surface area contributed by atoms with E-state index in [1.165, 1.54) is 70.6 Å². The van der Waals surface area contributed by atoms with E-state index in [9.17, 15) is 33.8 Å². The normalized spacial score (nSPS) is 15.0. The Morgan fingerprint density at radius 3 is 1.48 bits per heavy atom. The summed E-state index contributed by atoms with van der Waals surface area (Å²) in [5, 5.41) is 19.3. The molecule has 0 aliphatic carbocycles. The number of esters is 2. The predicted octanol–water partition coefficient (Wildman–Crippen LogP) is 10.4. The zero-order valence-electron chi connectivity index (χ0n) is 36.7. The lowest BCUT2D eigenvalue weighted by Crippen LogP contribution is -2.29. The van der Waals surface area contributed by atoms with E-state index in [1.807, 2.05) is 19.1 Å². The van der Waals surface area contributed by atoms with Gasteiger partial charge in [-0.3, -0.25) is 23.2 Å². The molecule has 0 rings (SSSR count). The van der Waals surface area contributed by atoms with Gasteiger partial charge in [-0.2, -0.15) is 0 Å². The van der Waals surface area contributed by atoms with Crippen LogP contribution in [0.3, 0.4) is 0 Å². The number of aliphatic hydroxyl groups is 2. The molecule has 350 valence electrons. The molecule has 0 radical (unpaired) electrons. The first-order chi connectivity index (χ1) is 28.8. The van der Waals surface area contributed by atoms with Crippen LogP contribution in [-0.4, -0.2) is 81.6 Å². The fourth-order valence-electron chi connectivity index (χ4n) is 5.79. The number of aliphatic hydroxyl groups excluding tert-OH is 2. The Kier molecular flexibility index (Phi) is 38.6. The summed E-state index contributed by atoms with van der Waals surface area (Å²) >= 11 is 0. The second-order valence-electron chi connectivity index (χ2n) is 15.1. The van der Waals surface area contributed by atoms with Crippen molar-refractivity contribution in [3.63, 3.8) is 0 Å². The Balaban J connectivity index is 4.60. The zero-order chi connectivity index (χ0) is 44.6. The lowest BCUT2D eigenvalue weighted by molar-refractivity contribution is -0.161. The maximum Gasteiger partial charge on any atom is 0.472 e. The minimum Gasteiger partial charge on any atom is -0.462 e. The number of ether oxygens (including phenoxy) is 2. The van der Waals surface area contributed by atoms with Crippen molar-refractivity contribution in [2.45, 2.75) is 193 Å². The number of allylic oxidation sites excluding steroid dienone is 8. The molecule has 0 heterocycles. The van der Waals surface area contributed by atoms with Gasteiger partial charge in [-0.05, 0) is 57.8 Å². The molecule has 0 aliphatic rings. The molecular weight excluding hydrogens is 814 g/mol. The molecule has 60 heavy (non-hydrogen) atoms. The standard InChI is InChI=1S/C44H80O14P2/c1-3-5-6-7-8-9-10-11-12-16-19-22-25-28-31-34-43(47)54-38-42(39-57-60(52,53)56-37-41(46)36-55-59(49,50)51)58-44(48)35-32-29-26-23-20-17-14-13-15-18-21-24-27-30-33-40(45)4-2/h14-15,17-18,23-24,26-27,40-42,45-46H,3-13,16,19-22,25,28-39H2,1-2H3,(H,52,53)(H2,49,50,51)/b17-14-,18-15-,26-23-,27-24-/t40-,41+,42-/m1/s1. The molecule has 14 nitrogen and oxygen atoms in total. The summed E-state index contributed by atoms with van der Waals surface area (Å²) in [5.41, 5.74) is 0. The number of carbonyl (C=O) groups is 2. The highest BCUT2D eigenvalue weighted by Crippen LogP contribution is 2.43. The van der Waals surface area contributed by atoms with Crippen LogP contribution < -0.4 is 0 Å². The number of unbranched alkanes of at least 4 members (excludes halogenated alkanes) is 15. The summed E-state index contributed by atoms with van der Waals surface area (Å²) < 4.78 is 47.7. The lowest BCUT2D eigenvalue weighted by atomic mass is 10.0. The van der Waals surface area contributed by atoms with Gasteiger partial charge in [0.2, 0.25) is 0 Å². The molecule has 0 spiro atoms. The third-order valence-corrected chi connectivity index (χ3v) is 10.8. The van der Waals surface area contributed by atoms with E-state index < -0.39 is 66.2 Å². The quantitative estimate of drug-likeness (QED) is 0.0167. The Hall–Kier alpha value is -1.96. The van der Waals surface area contributed by atoms with Gasteiger partial charge in [0.25, 0.3) is 0 Å². The largest absolute Gasteiger partial charge is 0.472 e. The van der Waals surface area contributed by atoms with Crippen LogP contribution in [0.2, 0.25) is 0 Å². The van der Waals surface area contributed by atoms with Crippen molar-refractivity contribution in [1.82, 2.24) is 0 Å². The highest BCUT2D eigenvalue weighted by atomic mass is 31.2. The minimum atomic E-state index is -4.87. The second-order valence-corrected chi connectivity index (χ2v) is 17.8. The first-order valence-electron chi connectivity index (χ1n) is 22.4. The molecule has 0 saturated carbocycles.